The van der Waals surface area contributed by atoms with E-state index in [-0.39, 0.29) is 26.9 Å². The molecule has 2 aromatic carbocycles. The summed E-state index contributed by atoms with van der Waals surface area (Å²) in [6, 6.07) is 9.78. The van der Waals surface area contributed by atoms with Gasteiger partial charge in [0.1, 0.15) is 5.75 Å². The molecule has 2 aromatic rings. The minimum absolute atomic E-state index is 0.0362. The lowest BCUT2D eigenvalue weighted by Crippen LogP contribution is -2.34. The Balaban J connectivity index is 2.13. The average molecular weight is 397 g/mol. The quantitative estimate of drug-likeness (QED) is 0.486. The molecule has 0 fully saturated rings. The predicted molar refractivity (Wildman–Crippen MR) is 107 cm³/mol. The van der Waals surface area contributed by atoms with Gasteiger partial charge in [-0.15, -0.1) is 0 Å². The fraction of sp³-hybridized carbons (Fsp3) is 0.222. The van der Waals surface area contributed by atoms with Gasteiger partial charge in [0, 0.05) is 5.02 Å². The van der Waals surface area contributed by atoms with Crippen LogP contribution in [0.2, 0.25) is 10.0 Å². The van der Waals surface area contributed by atoms with Gasteiger partial charge in [0.05, 0.1) is 16.3 Å². The second-order valence-electron chi connectivity index (χ2n) is 6.51. The Labute approximate surface area is 162 Å². The van der Waals surface area contributed by atoms with Crippen LogP contribution in [0.4, 0.5) is 5.69 Å². The van der Waals surface area contributed by atoms with E-state index in [0.717, 1.165) is 5.56 Å². The maximum absolute atomic E-state index is 12.3. The number of amides is 1. The number of hydrogen-bond acceptors (Lipinski definition) is 3. The van der Waals surface area contributed by atoms with Crippen LogP contribution in [-0.4, -0.2) is 16.1 Å². The van der Waals surface area contributed by atoms with Gasteiger partial charge in [-0.25, -0.2) is 0 Å². The molecule has 0 aliphatic rings. The van der Waals surface area contributed by atoms with Gasteiger partial charge in [0.25, 0.3) is 5.91 Å². The maximum Gasteiger partial charge on any atom is 0.258 e. The maximum atomic E-state index is 12.3. The van der Waals surface area contributed by atoms with Crippen molar-refractivity contribution in [2.24, 2.45) is 0 Å². The van der Waals surface area contributed by atoms with E-state index >= 15 is 0 Å². The molecular weight excluding hydrogens is 379 g/mol. The summed E-state index contributed by atoms with van der Waals surface area (Å²) in [5, 5.41) is 16.1. The lowest BCUT2D eigenvalue weighted by molar-refractivity contribution is 0.0978. The molecular formula is C18H18Cl2N2O2S. The van der Waals surface area contributed by atoms with E-state index in [1.807, 2.05) is 6.07 Å². The van der Waals surface area contributed by atoms with Crippen molar-refractivity contribution in [2.75, 3.05) is 5.32 Å². The van der Waals surface area contributed by atoms with Crippen molar-refractivity contribution in [3.63, 3.8) is 0 Å². The van der Waals surface area contributed by atoms with Crippen LogP contribution in [0.15, 0.2) is 36.4 Å². The Bertz CT molecular complexity index is 832. The summed E-state index contributed by atoms with van der Waals surface area (Å²) in [6.07, 6.45) is 0. The predicted octanol–water partition coefficient (Wildman–Crippen LogP) is 5.12. The molecule has 7 heteroatoms. The van der Waals surface area contributed by atoms with Gasteiger partial charge in [0.15, 0.2) is 5.11 Å². The lowest BCUT2D eigenvalue weighted by Gasteiger charge is -2.21. The summed E-state index contributed by atoms with van der Waals surface area (Å²) in [4.78, 5) is 12.3. The Morgan fingerprint density at radius 2 is 1.80 bits per heavy atom. The number of halogens is 2. The highest BCUT2D eigenvalue weighted by atomic mass is 35.5. The molecule has 0 saturated heterocycles. The zero-order valence-corrected chi connectivity index (χ0v) is 16.3. The number of nitrogens with one attached hydrogen (secondary N) is 2. The van der Waals surface area contributed by atoms with E-state index < -0.39 is 5.91 Å². The Hall–Kier alpha value is -1.82. The van der Waals surface area contributed by atoms with Crippen molar-refractivity contribution < 1.29 is 9.90 Å². The summed E-state index contributed by atoms with van der Waals surface area (Å²) >= 11 is 17.0. The minimum atomic E-state index is -0.467. The first-order chi connectivity index (χ1) is 11.6. The normalized spacial score (nSPS) is 11.1. The first kappa shape index (κ1) is 19.5. The zero-order valence-electron chi connectivity index (χ0n) is 14.0. The van der Waals surface area contributed by atoms with Crippen LogP contribution in [0, 0.1) is 0 Å². The highest BCUT2D eigenvalue weighted by Gasteiger charge is 2.17. The smallest absolute Gasteiger partial charge is 0.258 e. The van der Waals surface area contributed by atoms with Crippen LogP contribution >= 0.6 is 35.4 Å². The number of rotatable bonds is 2. The summed E-state index contributed by atoms with van der Waals surface area (Å²) in [5.74, 6) is -0.431. The van der Waals surface area contributed by atoms with Gasteiger partial charge in [0.2, 0.25) is 0 Å². The van der Waals surface area contributed by atoms with Crippen LogP contribution in [-0.2, 0) is 5.41 Å². The average Bonchev–Trinajstić information content (AvgIpc) is 2.48. The number of hydrogen-bond donors (Lipinski definition) is 3. The molecule has 0 unspecified atom stereocenters. The summed E-state index contributed by atoms with van der Waals surface area (Å²) in [5.41, 5.74) is 1.59. The number of carbonyl (C=O) groups is 1. The van der Waals surface area contributed by atoms with E-state index in [1.165, 1.54) is 12.1 Å². The molecule has 3 N–H and O–H groups in total. The van der Waals surface area contributed by atoms with E-state index in [1.54, 1.807) is 18.2 Å². The number of anilines is 1. The summed E-state index contributed by atoms with van der Waals surface area (Å²) < 4.78 is 0. The molecule has 1 amide bonds. The van der Waals surface area contributed by atoms with Crippen molar-refractivity contribution in [1.29, 1.82) is 0 Å². The standard InChI is InChI=1S/C18H18Cl2N2O2S/c1-18(2,3)10-4-7-15(23)14(8-10)21-17(25)22-16(24)12-6-5-11(19)9-13(12)20/h4-9,23H,1-3H3,(H2,21,22,24,25). The van der Waals surface area contributed by atoms with Gasteiger partial charge < -0.3 is 10.4 Å². The van der Waals surface area contributed by atoms with Crippen molar-refractivity contribution in [3.05, 3.63) is 57.6 Å². The molecule has 0 bridgehead atoms. The lowest BCUT2D eigenvalue weighted by atomic mass is 9.87. The molecule has 0 radical (unpaired) electrons. The van der Waals surface area contributed by atoms with Crippen molar-refractivity contribution in [3.8, 4) is 5.75 Å². The molecule has 0 spiro atoms. The molecule has 132 valence electrons. The van der Waals surface area contributed by atoms with Crippen molar-refractivity contribution in [1.82, 2.24) is 5.32 Å². The Morgan fingerprint density at radius 1 is 1.12 bits per heavy atom. The highest BCUT2D eigenvalue weighted by Crippen LogP contribution is 2.30. The second-order valence-corrected chi connectivity index (χ2v) is 7.77. The largest absolute Gasteiger partial charge is 0.506 e. The van der Waals surface area contributed by atoms with E-state index in [0.29, 0.717) is 10.7 Å². The molecule has 0 heterocycles. The first-order valence-corrected chi connectivity index (χ1v) is 8.65. The van der Waals surface area contributed by atoms with Gasteiger partial charge in [-0.05, 0) is 53.5 Å². The second kappa shape index (κ2) is 7.60. The van der Waals surface area contributed by atoms with Gasteiger partial charge in [-0.3, -0.25) is 10.1 Å². The monoisotopic (exact) mass is 396 g/mol. The molecule has 4 nitrogen and oxygen atoms in total. The van der Waals surface area contributed by atoms with Crippen LogP contribution in [0.25, 0.3) is 0 Å². The zero-order chi connectivity index (χ0) is 18.8. The topological polar surface area (TPSA) is 61.4 Å². The van der Waals surface area contributed by atoms with E-state index in [9.17, 15) is 9.90 Å². The van der Waals surface area contributed by atoms with Crippen LogP contribution in [0.1, 0.15) is 36.7 Å². The molecule has 0 aliphatic carbocycles. The Morgan fingerprint density at radius 3 is 2.40 bits per heavy atom. The highest BCUT2D eigenvalue weighted by molar-refractivity contribution is 7.80. The van der Waals surface area contributed by atoms with Crippen LogP contribution in [0.3, 0.4) is 0 Å². The molecule has 0 aromatic heterocycles. The molecule has 0 atom stereocenters. The van der Waals surface area contributed by atoms with Crippen LogP contribution in [0.5, 0.6) is 5.75 Å². The van der Waals surface area contributed by atoms with Gasteiger partial charge in [-0.1, -0.05) is 50.0 Å². The first-order valence-electron chi connectivity index (χ1n) is 7.49. The number of aromatic hydroxyl groups is 1. The van der Waals surface area contributed by atoms with Crippen molar-refractivity contribution in [2.45, 2.75) is 26.2 Å². The molecule has 25 heavy (non-hydrogen) atoms. The number of phenolic OH excluding ortho intramolecular Hbond substituents is 1. The van der Waals surface area contributed by atoms with E-state index in [2.05, 4.69) is 31.4 Å². The van der Waals surface area contributed by atoms with Crippen molar-refractivity contribution >= 4 is 52.1 Å². The third kappa shape index (κ3) is 5.08. The van der Waals surface area contributed by atoms with Gasteiger partial charge >= 0.3 is 0 Å². The number of carbonyl (C=O) groups excluding carboxylic acids is 1. The minimum Gasteiger partial charge on any atom is -0.506 e. The number of phenols is 1. The van der Waals surface area contributed by atoms with E-state index in [4.69, 9.17) is 35.4 Å². The third-order valence-corrected chi connectivity index (χ3v) is 4.27. The number of thiocarbonyl (C=S) groups is 1. The summed E-state index contributed by atoms with van der Waals surface area (Å²) in [7, 11) is 0. The molecule has 2 rings (SSSR count). The van der Waals surface area contributed by atoms with Crippen LogP contribution < -0.4 is 10.6 Å². The van der Waals surface area contributed by atoms with Gasteiger partial charge in [-0.2, -0.15) is 0 Å². The Kier molecular flexibility index (Phi) is 5.93. The molecule has 0 saturated carbocycles. The number of benzene rings is 2. The fourth-order valence-electron chi connectivity index (χ4n) is 2.10. The summed E-state index contributed by atoms with van der Waals surface area (Å²) in [6.45, 7) is 6.18. The third-order valence-electron chi connectivity index (χ3n) is 3.51. The molecule has 0 aliphatic heterocycles. The SMILES string of the molecule is CC(C)(C)c1ccc(O)c(NC(=S)NC(=O)c2ccc(Cl)cc2Cl)c1. The fourth-order valence-corrected chi connectivity index (χ4v) is 2.80.